The van der Waals surface area contributed by atoms with E-state index in [4.69, 9.17) is 9.47 Å². The highest BCUT2D eigenvalue weighted by Gasteiger charge is 2.05. The number of nitrogens with zero attached hydrogens (tertiary/aromatic N) is 1. The van der Waals surface area contributed by atoms with Crippen LogP contribution in [0.25, 0.3) is 11.3 Å². The van der Waals surface area contributed by atoms with Crippen molar-refractivity contribution in [2.75, 3.05) is 20.3 Å². The Kier molecular flexibility index (Phi) is 5.09. The number of aromatic nitrogens is 1. The summed E-state index contributed by atoms with van der Waals surface area (Å²) in [6.07, 6.45) is -0.563. The number of aliphatic hydroxyl groups excluding tert-OH is 1. The number of pyridine rings is 1. The maximum atomic E-state index is 9.57. The fraction of sp³-hybridized carbons (Fsp3) is 0.312. The SMILES string of the molecule is COCCOc1ccc(-c2cccc(C(C)O)n2)cc1. The molecule has 1 atom stereocenters. The third-order valence-corrected chi connectivity index (χ3v) is 2.90. The summed E-state index contributed by atoms with van der Waals surface area (Å²) in [6, 6.07) is 13.4. The van der Waals surface area contributed by atoms with Crippen molar-refractivity contribution in [3.05, 3.63) is 48.2 Å². The van der Waals surface area contributed by atoms with E-state index in [0.29, 0.717) is 18.9 Å². The molecule has 1 unspecified atom stereocenters. The maximum Gasteiger partial charge on any atom is 0.119 e. The van der Waals surface area contributed by atoms with Crippen molar-refractivity contribution in [1.29, 1.82) is 0 Å². The Hall–Kier alpha value is -1.91. The Morgan fingerprint density at radius 1 is 1.10 bits per heavy atom. The van der Waals surface area contributed by atoms with Gasteiger partial charge in [0.1, 0.15) is 12.4 Å². The van der Waals surface area contributed by atoms with Gasteiger partial charge in [-0.05, 0) is 43.3 Å². The lowest BCUT2D eigenvalue weighted by atomic mass is 10.1. The average molecular weight is 273 g/mol. The minimum absolute atomic E-state index is 0.533. The Bertz CT molecular complexity index is 538. The van der Waals surface area contributed by atoms with E-state index in [-0.39, 0.29) is 0 Å². The Labute approximate surface area is 119 Å². The van der Waals surface area contributed by atoms with Crippen LogP contribution in [0.4, 0.5) is 0 Å². The standard InChI is InChI=1S/C16H19NO3/c1-12(18)15-4-3-5-16(17-15)13-6-8-14(9-7-13)20-11-10-19-2/h3-9,12,18H,10-11H2,1-2H3. The van der Waals surface area contributed by atoms with Crippen LogP contribution in [-0.2, 0) is 4.74 Å². The number of ether oxygens (including phenoxy) is 2. The van der Waals surface area contributed by atoms with Crippen LogP contribution in [0, 0.1) is 0 Å². The highest BCUT2D eigenvalue weighted by Crippen LogP contribution is 2.22. The summed E-state index contributed by atoms with van der Waals surface area (Å²) in [5.41, 5.74) is 2.50. The number of rotatable bonds is 6. The molecule has 0 spiro atoms. The van der Waals surface area contributed by atoms with Gasteiger partial charge in [-0.3, -0.25) is 4.98 Å². The zero-order valence-electron chi connectivity index (χ0n) is 11.7. The summed E-state index contributed by atoms with van der Waals surface area (Å²) in [6.45, 7) is 2.81. The Morgan fingerprint density at radius 3 is 2.50 bits per heavy atom. The second kappa shape index (κ2) is 7.03. The van der Waals surface area contributed by atoms with Crippen molar-refractivity contribution in [2.24, 2.45) is 0 Å². The Balaban J connectivity index is 2.11. The molecule has 0 saturated heterocycles. The predicted molar refractivity (Wildman–Crippen MR) is 77.7 cm³/mol. The van der Waals surface area contributed by atoms with Gasteiger partial charge in [-0.15, -0.1) is 0 Å². The van der Waals surface area contributed by atoms with Crippen molar-refractivity contribution in [2.45, 2.75) is 13.0 Å². The summed E-state index contributed by atoms with van der Waals surface area (Å²) >= 11 is 0. The van der Waals surface area contributed by atoms with E-state index in [0.717, 1.165) is 17.0 Å². The van der Waals surface area contributed by atoms with Gasteiger partial charge in [-0.1, -0.05) is 6.07 Å². The van der Waals surface area contributed by atoms with Crippen LogP contribution < -0.4 is 4.74 Å². The predicted octanol–water partition coefficient (Wildman–Crippen LogP) is 2.83. The molecule has 1 aromatic heterocycles. The molecule has 106 valence electrons. The molecule has 4 heteroatoms. The molecule has 0 fully saturated rings. The number of aliphatic hydroxyl groups is 1. The van der Waals surface area contributed by atoms with Crippen molar-refractivity contribution in [3.8, 4) is 17.0 Å². The van der Waals surface area contributed by atoms with Crippen LogP contribution in [0.2, 0.25) is 0 Å². The van der Waals surface area contributed by atoms with Crippen molar-refractivity contribution in [1.82, 2.24) is 4.98 Å². The van der Waals surface area contributed by atoms with Gasteiger partial charge in [0.2, 0.25) is 0 Å². The van der Waals surface area contributed by atoms with E-state index < -0.39 is 6.10 Å². The lowest BCUT2D eigenvalue weighted by Gasteiger charge is -2.08. The minimum atomic E-state index is -0.563. The zero-order valence-corrected chi connectivity index (χ0v) is 11.7. The van der Waals surface area contributed by atoms with Crippen LogP contribution in [-0.4, -0.2) is 30.4 Å². The monoisotopic (exact) mass is 273 g/mol. The molecule has 20 heavy (non-hydrogen) atoms. The second-order valence-electron chi connectivity index (χ2n) is 4.49. The van der Waals surface area contributed by atoms with Gasteiger partial charge >= 0.3 is 0 Å². The fourth-order valence-corrected chi connectivity index (χ4v) is 1.81. The van der Waals surface area contributed by atoms with Crippen LogP contribution in [0.3, 0.4) is 0 Å². The highest BCUT2D eigenvalue weighted by molar-refractivity contribution is 5.60. The first-order valence-electron chi connectivity index (χ1n) is 6.58. The molecule has 1 N–H and O–H groups in total. The summed E-state index contributed by atoms with van der Waals surface area (Å²) in [5, 5.41) is 9.57. The molecule has 0 amide bonds. The van der Waals surface area contributed by atoms with E-state index in [2.05, 4.69) is 4.98 Å². The summed E-state index contributed by atoms with van der Waals surface area (Å²) < 4.78 is 10.4. The summed E-state index contributed by atoms with van der Waals surface area (Å²) in [7, 11) is 1.65. The van der Waals surface area contributed by atoms with Gasteiger partial charge < -0.3 is 14.6 Å². The highest BCUT2D eigenvalue weighted by atomic mass is 16.5. The maximum absolute atomic E-state index is 9.57. The number of hydrogen-bond donors (Lipinski definition) is 1. The zero-order chi connectivity index (χ0) is 14.4. The first kappa shape index (κ1) is 14.5. The first-order valence-corrected chi connectivity index (χ1v) is 6.58. The smallest absolute Gasteiger partial charge is 0.119 e. The van der Waals surface area contributed by atoms with Gasteiger partial charge in [-0.2, -0.15) is 0 Å². The number of methoxy groups -OCH3 is 1. The molecule has 2 rings (SSSR count). The molecule has 4 nitrogen and oxygen atoms in total. The third kappa shape index (κ3) is 3.79. The van der Waals surface area contributed by atoms with Crippen LogP contribution >= 0.6 is 0 Å². The van der Waals surface area contributed by atoms with Crippen LogP contribution in [0.1, 0.15) is 18.7 Å². The van der Waals surface area contributed by atoms with Gasteiger partial charge in [0.15, 0.2) is 0 Å². The molecule has 0 saturated carbocycles. The normalized spacial score (nSPS) is 12.2. The van der Waals surface area contributed by atoms with Crippen molar-refractivity contribution < 1.29 is 14.6 Å². The molecule has 1 heterocycles. The first-order chi connectivity index (χ1) is 9.70. The van der Waals surface area contributed by atoms with Gasteiger partial charge in [0, 0.05) is 12.7 Å². The largest absolute Gasteiger partial charge is 0.491 e. The topological polar surface area (TPSA) is 51.6 Å². The molecular formula is C16H19NO3. The van der Waals surface area contributed by atoms with Crippen LogP contribution in [0.15, 0.2) is 42.5 Å². The number of benzene rings is 1. The molecule has 1 aromatic carbocycles. The molecule has 2 aromatic rings. The average Bonchev–Trinajstić information content (AvgIpc) is 2.48. The summed E-state index contributed by atoms with van der Waals surface area (Å²) in [4.78, 5) is 4.44. The Morgan fingerprint density at radius 2 is 1.85 bits per heavy atom. The van der Waals surface area contributed by atoms with E-state index >= 15 is 0 Å². The van der Waals surface area contributed by atoms with E-state index in [1.807, 2.05) is 42.5 Å². The molecule has 0 radical (unpaired) electrons. The minimum Gasteiger partial charge on any atom is -0.491 e. The van der Waals surface area contributed by atoms with E-state index in [1.165, 1.54) is 0 Å². The fourth-order valence-electron chi connectivity index (χ4n) is 1.81. The molecule has 0 bridgehead atoms. The van der Waals surface area contributed by atoms with Gasteiger partial charge in [-0.25, -0.2) is 0 Å². The third-order valence-electron chi connectivity index (χ3n) is 2.90. The van der Waals surface area contributed by atoms with Gasteiger partial charge in [0.25, 0.3) is 0 Å². The van der Waals surface area contributed by atoms with E-state index in [1.54, 1.807) is 14.0 Å². The lowest BCUT2D eigenvalue weighted by Crippen LogP contribution is -2.04. The quantitative estimate of drug-likeness (QED) is 0.822. The van der Waals surface area contributed by atoms with Gasteiger partial charge in [0.05, 0.1) is 24.1 Å². The second-order valence-corrected chi connectivity index (χ2v) is 4.49. The molecule has 0 aliphatic carbocycles. The lowest BCUT2D eigenvalue weighted by molar-refractivity contribution is 0.146. The molecule has 0 aliphatic heterocycles. The van der Waals surface area contributed by atoms with Crippen LogP contribution in [0.5, 0.6) is 5.75 Å². The van der Waals surface area contributed by atoms with Crippen molar-refractivity contribution >= 4 is 0 Å². The molecular weight excluding hydrogens is 254 g/mol. The molecule has 0 aliphatic rings. The van der Waals surface area contributed by atoms with E-state index in [9.17, 15) is 5.11 Å². The van der Waals surface area contributed by atoms with Crippen molar-refractivity contribution in [3.63, 3.8) is 0 Å². The number of hydrogen-bond acceptors (Lipinski definition) is 4. The summed E-state index contributed by atoms with van der Waals surface area (Å²) in [5.74, 6) is 0.803.